The van der Waals surface area contributed by atoms with Crippen LogP contribution in [0.25, 0.3) is 0 Å². The van der Waals surface area contributed by atoms with Crippen LogP contribution in [-0.4, -0.2) is 72.0 Å². The molecular formula is C18H27ClN4O7S2. The van der Waals surface area contributed by atoms with Crippen LogP contribution in [0.3, 0.4) is 0 Å². The first-order valence-corrected chi connectivity index (χ1v) is 12.9. The molecule has 1 saturated carbocycles. The molecule has 0 amide bonds. The molecule has 0 radical (unpaired) electrons. The number of carbonyl (C=O) groups is 2. The van der Waals surface area contributed by atoms with E-state index in [0.717, 1.165) is 14.7 Å². The Bertz CT molecular complexity index is 1120. The summed E-state index contributed by atoms with van der Waals surface area (Å²) >= 11 is 6.25. The number of benzene rings is 1. The molecule has 0 bridgehead atoms. The fourth-order valence-electron chi connectivity index (χ4n) is 3.28. The minimum absolute atomic E-state index is 0.000325. The number of ether oxygens (including phenoxy) is 1. The highest BCUT2D eigenvalue weighted by Crippen LogP contribution is 2.45. The minimum atomic E-state index is -4.05. The fraction of sp³-hybridized carbons (Fsp3) is 0.556. The van der Waals surface area contributed by atoms with Gasteiger partial charge in [0.15, 0.2) is 11.2 Å². The molecule has 1 atom stereocenters. The van der Waals surface area contributed by atoms with Crippen molar-refractivity contribution in [1.29, 1.82) is 0 Å². The van der Waals surface area contributed by atoms with Crippen LogP contribution in [0.2, 0.25) is 5.02 Å². The maximum Gasteiger partial charge on any atom is 0.324 e. The Morgan fingerprint density at radius 3 is 2.03 bits per heavy atom. The second-order valence-corrected chi connectivity index (χ2v) is 11.7. The number of carbonyl (C=O) groups excluding carboxylic acids is 2. The van der Waals surface area contributed by atoms with E-state index < -0.39 is 37.6 Å². The number of nitrogens with zero attached hydrogens (tertiary/aromatic N) is 2. The molecule has 1 aromatic rings. The first-order chi connectivity index (χ1) is 14.7. The van der Waals surface area contributed by atoms with E-state index in [-0.39, 0.29) is 41.4 Å². The van der Waals surface area contributed by atoms with Crippen LogP contribution < -0.4 is 9.44 Å². The monoisotopic (exact) mass is 510 g/mol. The highest BCUT2D eigenvalue weighted by Gasteiger charge is 2.53. The number of hydrogen-bond acceptors (Lipinski definition) is 7. The Hall–Kier alpha value is -1.93. The summed E-state index contributed by atoms with van der Waals surface area (Å²) in [7, 11) is -2.84. The third-order valence-corrected chi connectivity index (χ3v) is 8.25. The smallest absolute Gasteiger partial charge is 0.324 e. The molecule has 1 fully saturated rings. The molecule has 1 aliphatic rings. The first-order valence-electron chi connectivity index (χ1n) is 9.64. The maximum absolute atomic E-state index is 13.0. The standard InChI is InChI=1S/C18H27ClN4O7S2/c1-6-30-17(25)18(9-7-8-16(18)24)12-10-15(21-32(28,29)23(4)5)13(19)11-14(12)20-31(26,27)22(2)3/h10-11,20-21H,6-9H2,1-5H3. The molecular weight excluding hydrogens is 484 g/mol. The van der Waals surface area contributed by atoms with Gasteiger partial charge in [0.25, 0.3) is 0 Å². The second-order valence-electron chi connectivity index (χ2n) is 7.56. The molecule has 0 aromatic heterocycles. The summed E-state index contributed by atoms with van der Waals surface area (Å²) in [6.07, 6.45) is 0.530. The normalized spacial score (nSPS) is 19.4. The minimum Gasteiger partial charge on any atom is -0.465 e. The Morgan fingerprint density at radius 2 is 1.59 bits per heavy atom. The van der Waals surface area contributed by atoms with Crippen molar-refractivity contribution >= 4 is 55.1 Å². The number of hydrogen-bond donors (Lipinski definition) is 2. The summed E-state index contributed by atoms with van der Waals surface area (Å²) in [4.78, 5) is 26.0. The summed E-state index contributed by atoms with van der Waals surface area (Å²) in [5, 5.41) is -0.139. The van der Waals surface area contributed by atoms with E-state index >= 15 is 0 Å². The van der Waals surface area contributed by atoms with Crippen molar-refractivity contribution in [3.8, 4) is 0 Å². The zero-order valence-corrected chi connectivity index (χ0v) is 20.8. The van der Waals surface area contributed by atoms with Crippen molar-refractivity contribution in [2.24, 2.45) is 0 Å². The Balaban J connectivity index is 2.82. The number of halogens is 1. The molecule has 11 nitrogen and oxygen atoms in total. The molecule has 1 unspecified atom stereocenters. The molecule has 0 heterocycles. The van der Waals surface area contributed by atoms with Gasteiger partial charge in [-0.3, -0.25) is 19.0 Å². The molecule has 0 aliphatic heterocycles. The van der Waals surface area contributed by atoms with Crippen LogP contribution in [0.5, 0.6) is 0 Å². The molecule has 1 aliphatic carbocycles. The van der Waals surface area contributed by atoms with E-state index in [1.807, 2.05) is 0 Å². The first kappa shape index (κ1) is 26.3. The zero-order valence-electron chi connectivity index (χ0n) is 18.4. The maximum atomic E-state index is 13.0. The highest BCUT2D eigenvalue weighted by atomic mass is 35.5. The van der Waals surface area contributed by atoms with Gasteiger partial charge in [-0.25, -0.2) is 0 Å². The lowest BCUT2D eigenvalue weighted by molar-refractivity contribution is -0.153. The molecule has 0 saturated heterocycles. The second kappa shape index (κ2) is 9.51. The lowest BCUT2D eigenvalue weighted by Crippen LogP contribution is -2.42. The molecule has 1 aromatic carbocycles. The van der Waals surface area contributed by atoms with Crippen LogP contribution >= 0.6 is 11.6 Å². The van der Waals surface area contributed by atoms with Crippen LogP contribution in [0.1, 0.15) is 31.7 Å². The van der Waals surface area contributed by atoms with Crippen LogP contribution in [-0.2, 0) is 40.2 Å². The lowest BCUT2D eigenvalue weighted by atomic mass is 9.77. The van der Waals surface area contributed by atoms with Gasteiger partial charge in [-0.05, 0) is 31.9 Å². The average molecular weight is 511 g/mol. The number of ketones is 1. The summed E-state index contributed by atoms with van der Waals surface area (Å²) in [5.74, 6) is -1.29. The molecule has 0 spiro atoms. The van der Waals surface area contributed by atoms with Crippen LogP contribution in [0.15, 0.2) is 12.1 Å². The topological polar surface area (TPSA) is 142 Å². The summed E-state index contributed by atoms with van der Waals surface area (Å²) in [6.45, 7) is 1.58. The fourth-order valence-corrected chi connectivity index (χ4v) is 4.81. The van der Waals surface area contributed by atoms with Crippen LogP contribution in [0, 0.1) is 0 Å². The van der Waals surface area contributed by atoms with Crippen molar-refractivity contribution in [1.82, 2.24) is 8.61 Å². The number of anilines is 2. The van der Waals surface area contributed by atoms with Gasteiger partial charge in [-0.15, -0.1) is 0 Å². The van der Waals surface area contributed by atoms with Gasteiger partial charge < -0.3 is 4.74 Å². The number of nitrogens with one attached hydrogen (secondary N) is 2. The van der Waals surface area contributed by atoms with E-state index in [0.29, 0.717) is 6.42 Å². The summed E-state index contributed by atoms with van der Waals surface area (Å²) in [6, 6.07) is 2.37. The molecule has 2 N–H and O–H groups in total. The van der Waals surface area contributed by atoms with E-state index in [2.05, 4.69) is 9.44 Å². The number of rotatable bonds is 9. The van der Waals surface area contributed by atoms with Gasteiger partial charge in [0.05, 0.1) is 23.0 Å². The summed E-state index contributed by atoms with van der Waals surface area (Å²) in [5.41, 5.74) is -2.08. The van der Waals surface area contributed by atoms with Gasteiger partial charge in [0, 0.05) is 40.2 Å². The van der Waals surface area contributed by atoms with E-state index in [4.69, 9.17) is 16.3 Å². The zero-order chi connectivity index (χ0) is 24.5. The SMILES string of the molecule is CCOC(=O)C1(c2cc(NS(=O)(=O)N(C)C)c(Cl)cc2NS(=O)(=O)N(C)C)CCCC1=O. The van der Waals surface area contributed by atoms with Crippen molar-refractivity contribution < 1.29 is 31.2 Å². The van der Waals surface area contributed by atoms with Crippen molar-refractivity contribution in [3.63, 3.8) is 0 Å². The van der Waals surface area contributed by atoms with Crippen molar-refractivity contribution in [3.05, 3.63) is 22.7 Å². The Labute approximate surface area is 193 Å². The number of esters is 1. The molecule has 2 rings (SSSR count). The van der Waals surface area contributed by atoms with Gasteiger partial charge >= 0.3 is 26.4 Å². The predicted octanol–water partition coefficient (Wildman–Crippen LogP) is 1.33. The van der Waals surface area contributed by atoms with Gasteiger partial charge in [0.2, 0.25) is 0 Å². The van der Waals surface area contributed by atoms with Crippen LogP contribution in [0.4, 0.5) is 11.4 Å². The van der Waals surface area contributed by atoms with E-state index in [1.165, 1.54) is 34.3 Å². The third-order valence-electron chi connectivity index (χ3n) is 5.06. The Morgan fingerprint density at radius 1 is 1.06 bits per heavy atom. The third kappa shape index (κ3) is 5.01. The van der Waals surface area contributed by atoms with Gasteiger partial charge in [0.1, 0.15) is 0 Å². The van der Waals surface area contributed by atoms with E-state index in [1.54, 1.807) is 6.92 Å². The van der Waals surface area contributed by atoms with Crippen molar-refractivity contribution in [2.45, 2.75) is 31.6 Å². The predicted molar refractivity (Wildman–Crippen MR) is 121 cm³/mol. The molecule has 14 heteroatoms. The lowest BCUT2D eigenvalue weighted by Gasteiger charge is -2.29. The van der Waals surface area contributed by atoms with Crippen molar-refractivity contribution in [2.75, 3.05) is 44.2 Å². The van der Waals surface area contributed by atoms with E-state index in [9.17, 15) is 26.4 Å². The molecule has 180 valence electrons. The summed E-state index contributed by atoms with van der Waals surface area (Å²) < 4.78 is 61.3. The average Bonchev–Trinajstić information content (AvgIpc) is 3.05. The largest absolute Gasteiger partial charge is 0.465 e. The Kier molecular flexibility index (Phi) is 7.83. The van der Waals surface area contributed by atoms with Gasteiger partial charge in [-0.2, -0.15) is 25.4 Å². The molecule has 32 heavy (non-hydrogen) atoms. The number of Topliss-reactive ketones (excluding diaryl/α,β-unsaturated/α-hetero) is 1. The highest BCUT2D eigenvalue weighted by molar-refractivity contribution is 7.90. The van der Waals surface area contributed by atoms with Gasteiger partial charge in [-0.1, -0.05) is 11.6 Å². The quantitative estimate of drug-likeness (QED) is 0.377.